The molecular formula is C24H26N4O4S. The minimum Gasteiger partial charge on any atom is -0.497 e. The van der Waals surface area contributed by atoms with Crippen molar-refractivity contribution in [2.45, 2.75) is 25.3 Å². The maximum Gasteiger partial charge on any atom is 0.248 e. The Hall–Kier alpha value is -3.33. The van der Waals surface area contributed by atoms with Gasteiger partial charge in [0.05, 0.1) is 25.2 Å². The van der Waals surface area contributed by atoms with Crippen LogP contribution in [0.5, 0.6) is 5.75 Å². The van der Waals surface area contributed by atoms with Crippen molar-refractivity contribution in [3.8, 4) is 5.75 Å². The molecule has 0 radical (unpaired) electrons. The van der Waals surface area contributed by atoms with Gasteiger partial charge in [-0.3, -0.25) is 14.4 Å². The highest BCUT2D eigenvalue weighted by Gasteiger charge is 2.35. The number of rotatable bonds is 7. The zero-order chi connectivity index (χ0) is 23.2. The monoisotopic (exact) mass is 466 g/mol. The highest BCUT2D eigenvalue weighted by molar-refractivity contribution is 7.99. The van der Waals surface area contributed by atoms with Crippen molar-refractivity contribution < 1.29 is 19.1 Å². The van der Waals surface area contributed by atoms with Crippen LogP contribution in [0.1, 0.15) is 24.8 Å². The Labute approximate surface area is 197 Å². The lowest BCUT2D eigenvalue weighted by atomic mass is 10.1. The average molecular weight is 467 g/mol. The van der Waals surface area contributed by atoms with Crippen LogP contribution in [0, 0.1) is 0 Å². The first kappa shape index (κ1) is 22.8. The molecule has 2 aliphatic rings. The Balaban J connectivity index is 1.29. The molecule has 1 fully saturated rings. The van der Waals surface area contributed by atoms with Gasteiger partial charge < -0.3 is 15.0 Å². The van der Waals surface area contributed by atoms with E-state index in [0.29, 0.717) is 36.0 Å². The van der Waals surface area contributed by atoms with E-state index in [0.717, 1.165) is 11.3 Å². The summed E-state index contributed by atoms with van der Waals surface area (Å²) in [5.74, 6) is 1.05. The topological polar surface area (TPSA) is 91.3 Å². The van der Waals surface area contributed by atoms with Gasteiger partial charge in [0.1, 0.15) is 11.8 Å². The molecule has 33 heavy (non-hydrogen) atoms. The molecule has 1 N–H and O–H groups in total. The first-order valence-electron chi connectivity index (χ1n) is 10.8. The third kappa shape index (κ3) is 5.54. The molecule has 172 valence electrons. The molecule has 1 atom stereocenters. The minimum absolute atomic E-state index is 0.0540. The van der Waals surface area contributed by atoms with Crippen LogP contribution >= 0.6 is 11.8 Å². The SMILES string of the molecule is COc1ccc(NC(=O)C2CSCN2C(=O)CCC(=O)N2CCC(c3ccccc3)=N2)cc1. The number of hydrogen-bond donors (Lipinski definition) is 1. The smallest absolute Gasteiger partial charge is 0.248 e. The van der Waals surface area contributed by atoms with E-state index in [9.17, 15) is 14.4 Å². The molecule has 9 heteroatoms. The van der Waals surface area contributed by atoms with Gasteiger partial charge in [0.2, 0.25) is 17.7 Å². The summed E-state index contributed by atoms with van der Waals surface area (Å²) in [7, 11) is 1.58. The van der Waals surface area contributed by atoms with E-state index >= 15 is 0 Å². The van der Waals surface area contributed by atoms with E-state index in [2.05, 4.69) is 10.4 Å². The molecule has 0 spiro atoms. The number of carbonyl (C=O) groups excluding carboxylic acids is 3. The third-order valence-corrected chi connectivity index (χ3v) is 6.62. The second-order valence-electron chi connectivity index (χ2n) is 7.78. The van der Waals surface area contributed by atoms with Gasteiger partial charge in [-0.2, -0.15) is 5.10 Å². The number of hydrogen-bond acceptors (Lipinski definition) is 6. The average Bonchev–Trinajstić information content (AvgIpc) is 3.54. The summed E-state index contributed by atoms with van der Waals surface area (Å²) in [6.45, 7) is 0.518. The molecule has 0 bridgehead atoms. The number of thioether (sulfide) groups is 1. The fraction of sp³-hybridized carbons (Fsp3) is 0.333. The molecule has 2 aromatic rings. The highest BCUT2D eigenvalue weighted by Crippen LogP contribution is 2.24. The predicted molar refractivity (Wildman–Crippen MR) is 128 cm³/mol. The fourth-order valence-electron chi connectivity index (χ4n) is 3.76. The zero-order valence-electron chi connectivity index (χ0n) is 18.4. The maximum atomic E-state index is 12.8. The van der Waals surface area contributed by atoms with Crippen molar-refractivity contribution in [3.05, 3.63) is 60.2 Å². The lowest BCUT2D eigenvalue weighted by Crippen LogP contribution is -2.44. The number of hydrazone groups is 1. The molecule has 8 nitrogen and oxygen atoms in total. The summed E-state index contributed by atoms with van der Waals surface area (Å²) in [5.41, 5.74) is 2.52. The van der Waals surface area contributed by atoms with Crippen LogP contribution in [0.4, 0.5) is 5.69 Å². The van der Waals surface area contributed by atoms with Gasteiger partial charge in [-0.1, -0.05) is 30.3 Å². The quantitative estimate of drug-likeness (QED) is 0.678. The summed E-state index contributed by atoms with van der Waals surface area (Å²) >= 11 is 1.53. The number of benzene rings is 2. The van der Waals surface area contributed by atoms with Crippen molar-refractivity contribution in [3.63, 3.8) is 0 Å². The Morgan fingerprint density at radius 2 is 1.79 bits per heavy atom. The lowest BCUT2D eigenvalue weighted by molar-refractivity contribution is -0.139. The maximum absolute atomic E-state index is 12.8. The van der Waals surface area contributed by atoms with Crippen molar-refractivity contribution in [1.29, 1.82) is 0 Å². The van der Waals surface area contributed by atoms with Crippen molar-refractivity contribution in [2.75, 3.05) is 30.6 Å². The van der Waals surface area contributed by atoms with Crippen molar-refractivity contribution in [2.24, 2.45) is 5.10 Å². The van der Waals surface area contributed by atoms with Gasteiger partial charge in [-0.05, 0) is 29.8 Å². The van der Waals surface area contributed by atoms with Crippen LogP contribution in [0.15, 0.2) is 59.7 Å². The fourth-order valence-corrected chi connectivity index (χ4v) is 4.94. The highest BCUT2D eigenvalue weighted by atomic mass is 32.2. The minimum atomic E-state index is -0.561. The molecule has 3 amide bonds. The Morgan fingerprint density at radius 1 is 1.06 bits per heavy atom. The molecule has 2 heterocycles. The number of carbonyl (C=O) groups is 3. The summed E-state index contributed by atoms with van der Waals surface area (Å²) in [5, 5.41) is 8.74. The number of methoxy groups -OCH3 is 1. The number of anilines is 1. The molecular weight excluding hydrogens is 440 g/mol. The molecule has 2 aliphatic heterocycles. The molecule has 0 aliphatic carbocycles. The molecule has 0 aromatic heterocycles. The number of nitrogens with one attached hydrogen (secondary N) is 1. The van der Waals surface area contributed by atoms with Crippen LogP contribution in [0.3, 0.4) is 0 Å². The van der Waals surface area contributed by atoms with Gasteiger partial charge >= 0.3 is 0 Å². The van der Waals surface area contributed by atoms with E-state index in [-0.39, 0.29) is 30.6 Å². The molecule has 2 aromatic carbocycles. The Morgan fingerprint density at radius 3 is 2.52 bits per heavy atom. The van der Waals surface area contributed by atoms with E-state index < -0.39 is 6.04 Å². The normalized spacial score (nSPS) is 17.6. The van der Waals surface area contributed by atoms with Gasteiger partial charge in [-0.25, -0.2) is 5.01 Å². The van der Waals surface area contributed by atoms with Crippen LogP contribution < -0.4 is 10.1 Å². The van der Waals surface area contributed by atoms with E-state index in [1.165, 1.54) is 16.8 Å². The van der Waals surface area contributed by atoms with Crippen molar-refractivity contribution in [1.82, 2.24) is 9.91 Å². The van der Waals surface area contributed by atoms with Crippen molar-refractivity contribution >= 4 is 40.9 Å². The summed E-state index contributed by atoms with van der Waals surface area (Å²) in [4.78, 5) is 39.7. The lowest BCUT2D eigenvalue weighted by Gasteiger charge is -2.23. The molecule has 1 saturated heterocycles. The van der Waals surface area contributed by atoms with Gasteiger partial charge in [0, 0.05) is 30.7 Å². The first-order valence-corrected chi connectivity index (χ1v) is 12.0. The second-order valence-corrected chi connectivity index (χ2v) is 8.78. The summed E-state index contributed by atoms with van der Waals surface area (Å²) < 4.78 is 5.13. The largest absolute Gasteiger partial charge is 0.497 e. The van der Waals surface area contributed by atoms with E-state index in [1.54, 1.807) is 36.3 Å². The standard InChI is InChI=1S/C24H26N4O4S/c1-32-19-9-7-18(8-10-19)25-24(31)21-15-33-16-27(21)22(29)11-12-23(30)28-14-13-20(26-28)17-5-3-2-4-6-17/h2-10,21H,11-16H2,1H3,(H,25,31). The number of ether oxygens (including phenoxy) is 1. The molecule has 1 unspecified atom stereocenters. The second kappa shape index (κ2) is 10.5. The molecule has 4 rings (SSSR count). The van der Waals surface area contributed by atoms with Gasteiger partial charge in [0.25, 0.3) is 0 Å². The predicted octanol–water partition coefficient (Wildman–Crippen LogP) is 2.95. The summed E-state index contributed by atoms with van der Waals surface area (Å²) in [6, 6.07) is 16.2. The van der Waals surface area contributed by atoms with Crippen LogP contribution in [-0.2, 0) is 14.4 Å². The zero-order valence-corrected chi connectivity index (χ0v) is 19.2. The van der Waals surface area contributed by atoms with Gasteiger partial charge in [0.15, 0.2) is 0 Å². The third-order valence-electron chi connectivity index (χ3n) is 5.61. The van der Waals surface area contributed by atoms with E-state index in [1.807, 2.05) is 30.3 Å². The molecule has 0 saturated carbocycles. The Kier molecular flexibility index (Phi) is 7.29. The number of amides is 3. The number of nitrogens with zero attached hydrogens (tertiary/aromatic N) is 3. The van der Waals surface area contributed by atoms with Crippen LogP contribution in [0.25, 0.3) is 0 Å². The first-order chi connectivity index (χ1) is 16.0. The van der Waals surface area contributed by atoms with Crippen LogP contribution in [-0.4, -0.2) is 64.7 Å². The van der Waals surface area contributed by atoms with E-state index in [4.69, 9.17) is 4.74 Å². The van der Waals surface area contributed by atoms with Gasteiger partial charge in [-0.15, -0.1) is 11.8 Å². The Bertz CT molecular complexity index is 1040. The van der Waals surface area contributed by atoms with Crippen LogP contribution in [0.2, 0.25) is 0 Å². The summed E-state index contributed by atoms with van der Waals surface area (Å²) in [6.07, 6.45) is 0.816.